The Morgan fingerprint density at radius 2 is 2.17 bits per heavy atom. The number of hydrogen-bond acceptors (Lipinski definition) is 4. The van der Waals surface area contributed by atoms with Gasteiger partial charge in [0.05, 0.1) is 25.9 Å². The number of ether oxygens (including phenoxy) is 1. The molecule has 24 heavy (non-hydrogen) atoms. The summed E-state index contributed by atoms with van der Waals surface area (Å²) in [6.07, 6.45) is 3.04. The summed E-state index contributed by atoms with van der Waals surface area (Å²) in [5, 5.41) is 13.6. The molecule has 1 amide bonds. The average molecular weight is 331 g/mol. The first-order valence-electron chi connectivity index (χ1n) is 8.51. The maximum Gasteiger partial charge on any atom is 0.220 e. The van der Waals surface area contributed by atoms with Crippen molar-refractivity contribution in [2.24, 2.45) is 0 Å². The Morgan fingerprint density at radius 3 is 2.96 bits per heavy atom. The molecule has 1 aliphatic heterocycles. The minimum atomic E-state index is -0.220. The fourth-order valence-corrected chi connectivity index (χ4v) is 3.06. The molecule has 2 heterocycles. The van der Waals surface area contributed by atoms with Gasteiger partial charge in [0.2, 0.25) is 5.91 Å². The summed E-state index contributed by atoms with van der Waals surface area (Å²) >= 11 is 0. The van der Waals surface area contributed by atoms with Crippen molar-refractivity contribution in [3.63, 3.8) is 0 Å². The highest BCUT2D eigenvalue weighted by atomic mass is 16.5. The van der Waals surface area contributed by atoms with Crippen molar-refractivity contribution in [3.05, 3.63) is 36.0 Å². The van der Waals surface area contributed by atoms with E-state index in [2.05, 4.69) is 21.3 Å². The number of aromatic amines is 1. The van der Waals surface area contributed by atoms with Crippen LogP contribution in [0.5, 0.6) is 0 Å². The predicted octanol–water partition coefficient (Wildman–Crippen LogP) is 0.910. The Labute approximate surface area is 141 Å². The highest BCUT2D eigenvalue weighted by Crippen LogP contribution is 2.15. The van der Waals surface area contributed by atoms with Crippen LogP contribution in [-0.2, 0) is 16.0 Å². The van der Waals surface area contributed by atoms with Crippen molar-refractivity contribution in [2.45, 2.75) is 18.9 Å². The molecular formula is C18H25N3O3. The van der Waals surface area contributed by atoms with Crippen molar-refractivity contribution in [1.82, 2.24) is 15.2 Å². The van der Waals surface area contributed by atoms with Gasteiger partial charge in [0, 0.05) is 37.8 Å². The van der Waals surface area contributed by atoms with Crippen LogP contribution in [0.15, 0.2) is 30.5 Å². The number of morpholine rings is 1. The Balaban J connectivity index is 1.46. The minimum absolute atomic E-state index is 0.0172. The van der Waals surface area contributed by atoms with Crippen LogP contribution >= 0.6 is 0 Å². The van der Waals surface area contributed by atoms with Crippen LogP contribution in [-0.4, -0.2) is 66.4 Å². The Morgan fingerprint density at radius 1 is 1.33 bits per heavy atom. The fraction of sp³-hybridized carbons (Fsp3) is 0.500. The third kappa shape index (κ3) is 4.56. The van der Waals surface area contributed by atoms with Crippen molar-refractivity contribution in [2.75, 3.05) is 39.5 Å². The van der Waals surface area contributed by atoms with Crippen LogP contribution in [0.1, 0.15) is 12.0 Å². The smallest absolute Gasteiger partial charge is 0.220 e. The lowest BCUT2D eigenvalue weighted by molar-refractivity contribution is -0.122. The van der Waals surface area contributed by atoms with Gasteiger partial charge in [-0.15, -0.1) is 0 Å². The number of aliphatic hydroxyl groups is 1. The molecule has 1 atom stereocenters. The normalized spacial score (nSPS) is 17.0. The summed E-state index contributed by atoms with van der Waals surface area (Å²) in [6, 6.07) is 8.00. The second-order valence-corrected chi connectivity index (χ2v) is 6.26. The zero-order valence-corrected chi connectivity index (χ0v) is 13.8. The summed E-state index contributed by atoms with van der Waals surface area (Å²) in [7, 11) is 0. The Bertz CT molecular complexity index is 664. The maximum atomic E-state index is 12.2. The molecule has 6 nitrogen and oxygen atoms in total. The van der Waals surface area contributed by atoms with Gasteiger partial charge in [0.1, 0.15) is 0 Å². The lowest BCUT2D eigenvalue weighted by atomic mass is 10.1. The number of H-pyrrole nitrogens is 1. The monoisotopic (exact) mass is 331 g/mol. The van der Waals surface area contributed by atoms with Crippen molar-refractivity contribution in [1.29, 1.82) is 0 Å². The molecule has 1 aliphatic rings. The number of nitrogens with one attached hydrogen (secondary N) is 2. The van der Waals surface area contributed by atoms with E-state index in [9.17, 15) is 9.90 Å². The Kier molecular flexibility index (Phi) is 5.85. The molecule has 1 saturated heterocycles. The zero-order valence-electron chi connectivity index (χ0n) is 13.8. The number of fused-ring (bicyclic) bond motifs is 1. The maximum absolute atomic E-state index is 12.2. The number of nitrogens with zero attached hydrogens (tertiary/aromatic N) is 1. The van der Waals surface area contributed by atoms with E-state index < -0.39 is 0 Å². The van der Waals surface area contributed by atoms with Crippen molar-refractivity contribution < 1.29 is 14.6 Å². The van der Waals surface area contributed by atoms with Crippen molar-refractivity contribution in [3.8, 4) is 0 Å². The van der Waals surface area contributed by atoms with Gasteiger partial charge in [0.15, 0.2) is 0 Å². The number of aromatic nitrogens is 1. The van der Waals surface area contributed by atoms with Gasteiger partial charge in [-0.2, -0.15) is 0 Å². The highest BCUT2D eigenvalue weighted by Gasteiger charge is 2.17. The lowest BCUT2D eigenvalue weighted by Gasteiger charge is -2.30. The van der Waals surface area contributed by atoms with Gasteiger partial charge in [-0.25, -0.2) is 0 Å². The van der Waals surface area contributed by atoms with Gasteiger partial charge >= 0.3 is 0 Å². The largest absolute Gasteiger partial charge is 0.394 e. The highest BCUT2D eigenvalue weighted by molar-refractivity contribution is 5.80. The lowest BCUT2D eigenvalue weighted by Crippen LogP contribution is -2.49. The molecule has 6 heteroatoms. The Hall–Kier alpha value is -1.89. The van der Waals surface area contributed by atoms with E-state index in [1.54, 1.807) is 0 Å². The fourth-order valence-electron chi connectivity index (χ4n) is 3.06. The molecule has 3 N–H and O–H groups in total. The van der Waals surface area contributed by atoms with Crippen LogP contribution < -0.4 is 5.32 Å². The molecule has 0 aliphatic carbocycles. The van der Waals surface area contributed by atoms with Crippen LogP contribution in [0.3, 0.4) is 0 Å². The molecule has 0 radical (unpaired) electrons. The summed E-state index contributed by atoms with van der Waals surface area (Å²) < 4.78 is 5.31. The SMILES string of the molecule is O=C(CCc1ccc2[nH]ccc2c1)N[C@H](CO)CN1CCOCC1. The second-order valence-electron chi connectivity index (χ2n) is 6.26. The van der Waals surface area contributed by atoms with Gasteiger partial charge < -0.3 is 20.1 Å². The van der Waals surface area contributed by atoms with Crippen LogP contribution in [0.4, 0.5) is 0 Å². The quantitative estimate of drug-likeness (QED) is 0.705. The number of benzene rings is 1. The van der Waals surface area contributed by atoms with Crippen LogP contribution in [0.25, 0.3) is 10.9 Å². The molecule has 0 unspecified atom stereocenters. The van der Waals surface area contributed by atoms with Gasteiger partial charge in [-0.3, -0.25) is 9.69 Å². The topological polar surface area (TPSA) is 77.6 Å². The number of rotatable bonds is 7. The van der Waals surface area contributed by atoms with E-state index in [4.69, 9.17) is 4.74 Å². The average Bonchev–Trinajstić information content (AvgIpc) is 3.08. The van der Waals surface area contributed by atoms with E-state index in [-0.39, 0.29) is 18.6 Å². The molecule has 1 fully saturated rings. The predicted molar refractivity (Wildman–Crippen MR) is 92.9 cm³/mol. The van der Waals surface area contributed by atoms with E-state index in [1.165, 1.54) is 0 Å². The van der Waals surface area contributed by atoms with E-state index >= 15 is 0 Å². The van der Waals surface area contributed by atoms with Crippen LogP contribution in [0, 0.1) is 0 Å². The number of carbonyl (C=O) groups is 1. The summed E-state index contributed by atoms with van der Waals surface area (Å²) in [4.78, 5) is 17.5. The standard InChI is InChI=1S/C18H25N3O3/c22-13-16(12-21-7-9-24-10-8-21)20-18(23)4-2-14-1-3-17-15(11-14)5-6-19-17/h1,3,5-6,11,16,19,22H,2,4,7-10,12-13H2,(H,20,23)/t16-/m0/s1. The minimum Gasteiger partial charge on any atom is -0.394 e. The zero-order chi connectivity index (χ0) is 16.8. The number of aliphatic hydroxyl groups excluding tert-OH is 1. The first-order valence-corrected chi connectivity index (χ1v) is 8.51. The first-order chi connectivity index (χ1) is 11.7. The molecule has 1 aromatic heterocycles. The number of carbonyl (C=O) groups excluding carboxylic acids is 1. The molecular weight excluding hydrogens is 306 g/mol. The van der Waals surface area contributed by atoms with Crippen LogP contribution in [0.2, 0.25) is 0 Å². The molecule has 3 rings (SSSR count). The molecule has 0 saturated carbocycles. The van der Waals surface area contributed by atoms with Gasteiger partial charge in [0.25, 0.3) is 0 Å². The summed E-state index contributed by atoms with van der Waals surface area (Å²) in [5.74, 6) is -0.0172. The van der Waals surface area contributed by atoms with E-state index in [0.29, 0.717) is 32.6 Å². The summed E-state index contributed by atoms with van der Waals surface area (Å²) in [6.45, 7) is 3.76. The number of hydrogen-bond donors (Lipinski definition) is 3. The molecule has 130 valence electrons. The van der Waals surface area contributed by atoms with E-state index in [0.717, 1.165) is 29.6 Å². The van der Waals surface area contributed by atoms with Gasteiger partial charge in [-0.1, -0.05) is 6.07 Å². The van der Waals surface area contributed by atoms with Gasteiger partial charge in [-0.05, 0) is 35.6 Å². The molecule has 0 bridgehead atoms. The summed E-state index contributed by atoms with van der Waals surface area (Å²) in [5.41, 5.74) is 2.25. The molecule has 2 aromatic rings. The van der Waals surface area contributed by atoms with E-state index in [1.807, 2.05) is 24.4 Å². The third-order valence-electron chi connectivity index (χ3n) is 4.43. The number of aryl methyl sites for hydroxylation is 1. The third-order valence-corrected chi connectivity index (χ3v) is 4.43. The number of amides is 1. The van der Waals surface area contributed by atoms with Crippen molar-refractivity contribution >= 4 is 16.8 Å². The second kappa shape index (κ2) is 8.28. The molecule has 0 spiro atoms. The molecule has 1 aromatic carbocycles. The first kappa shape index (κ1) is 17.0.